The molecule has 0 bridgehead atoms. The Balaban J connectivity index is 2.58. The number of thioether (sulfide) groups is 1. The highest BCUT2D eigenvalue weighted by Gasteiger charge is 2.00. The zero-order valence-corrected chi connectivity index (χ0v) is 6.67. The Labute approximate surface area is 69.0 Å². The second kappa shape index (κ2) is 4.10. The predicted octanol–water partition coefficient (Wildman–Crippen LogP) is 0.659. The van der Waals surface area contributed by atoms with E-state index in [1.807, 2.05) is 6.07 Å². The predicted molar refractivity (Wildman–Crippen MR) is 44.2 cm³/mol. The van der Waals surface area contributed by atoms with E-state index in [-0.39, 0.29) is 11.7 Å². The van der Waals surface area contributed by atoms with Crippen LogP contribution in [0.25, 0.3) is 0 Å². The normalized spacial score (nSPS) is 9.55. The first-order valence-corrected chi connectivity index (χ1v) is 3.96. The lowest BCUT2D eigenvalue weighted by molar-refractivity contribution is -0.109. The summed E-state index contributed by atoms with van der Waals surface area (Å²) < 4.78 is 0. The maximum absolute atomic E-state index is 10.8. The summed E-state index contributed by atoms with van der Waals surface area (Å²) in [6.45, 7) is 0.0568. The van der Waals surface area contributed by atoms with Gasteiger partial charge in [0.25, 0.3) is 0 Å². The Bertz CT molecular complexity index is 237. The monoisotopic (exact) mass is 168 g/mol. The molecule has 0 amide bonds. The van der Waals surface area contributed by atoms with Crippen LogP contribution in [0.3, 0.4) is 0 Å². The molecule has 2 N–H and O–H groups in total. The molecule has 0 spiro atoms. The van der Waals surface area contributed by atoms with Crippen LogP contribution in [0.4, 0.5) is 0 Å². The van der Waals surface area contributed by atoms with Gasteiger partial charge >= 0.3 is 0 Å². The smallest absolute Gasteiger partial charge is 0.208 e. The molecule has 3 nitrogen and oxygen atoms in total. The number of pyridine rings is 1. The minimum absolute atomic E-state index is 0.0568. The SMILES string of the molecule is NCC(=O)Sc1ccccn1. The lowest BCUT2D eigenvalue weighted by Crippen LogP contribution is -2.09. The Morgan fingerprint density at radius 1 is 1.64 bits per heavy atom. The molecule has 4 heteroatoms. The highest BCUT2D eigenvalue weighted by atomic mass is 32.2. The van der Waals surface area contributed by atoms with E-state index in [0.29, 0.717) is 5.03 Å². The first-order chi connectivity index (χ1) is 5.33. The van der Waals surface area contributed by atoms with Crippen LogP contribution in [0.1, 0.15) is 0 Å². The molecule has 0 unspecified atom stereocenters. The van der Waals surface area contributed by atoms with Crippen LogP contribution < -0.4 is 5.73 Å². The minimum Gasteiger partial charge on any atom is -0.323 e. The van der Waals surface area contributed by atoms with E-state index in [2.05, 4.69) is 4.98 Å². The van der Waals surface area contributed by atoms with Crippen LogP contribution in [0.2, 0.25) is 0 Å². The van der Waals surface area contributed by atoms with Gasteiger partial charge in [-0.25, -0.2) is 4.98 Å². The van der Waals surface area contributed by atoms with Crippen molar-refractivity contribution in [3.8, 4) is 0 Å². The van der Waals surface area contributed by atoms with Gasteiger partial charge in [-0.15, -0.1) is 0 Å². The van der Waals surface area contributed by atoms with Crippen LogP contribution >= 0.6 is 11.8 Å². The van der Waals surface area contributed by atoms with E-state index in [9.17, 15) is 4.79 Å². The molecule has 0 saturated heterocycles. The third-order valence-electron chi connectivity index (χ3n) is 1.02. The topological polar surface area (TPSA) is 56.0 Å². The summed E-state index contributed by atoms with van der Waals surface area (Å²) in [6, 6.07) is 5.41. The molecular formula is C7H8N2OS. The third-order valence-corrected chi connectivity index (χ3v) is 1.87. The van der Waals surface area contributed by atoms with Gasteiger partial charge in [-0.05, 0) is 23.9 Å². The molecule has 0 fully saturated rings. The fourth-order valence-electron chi connectivity index (χ4n) is 0.566. The summed E-state index contributed by atoms with van der Waals surface area (Å²) in [5.74, 6) is 0. The van der Waals surface area contributed by atoms with Crippen molar-refractivity contribution in [2.45, 2.75) is 5.03 Å². The lowest BCUT2D eigenvalue weighted by Gasteiger charge is -1.94. The molecule has 0 radical (unpaired) electrons. The Kier molecular flexibility index (Phi) is 3.07. The van der Waals surface area contributed by atoms with Gasteiger partial charge in [-0.2, -0.15) is 0 Å². The summed E-state index contributed by atoms with van der Waals surface area (Å²) in [7, 11) is 0. The van der Waals surface area contributed by atoms with E-state index in [4.69, 9.17) is 5.73 Å². The first-order valence-electron chi connectivity index (χ1n) is 3.14. The molecule has 0 aliphatic rings. The highest BCUT2D eigenvalue weighted by Crippen LogP contribution is 2.13. The number of carbonyl (C=O) groups is 1. The standard InChI is InChI=1S/C7H8N2OS/c8-5-7(10)11-6-3-1-2-4-9-6/h1-4H,5,8H2. The third kappa shape index (κ3) is 2.69. The molecule has 0 aromatic carbocycles. The number of nitrogens with two attached hydrogens (primary N) is 1. The van der Waals surface area contributed by atoms with Gasteiger partial charge in [0.15, 0.2) is 0 Å². The van der Waals surface area contributed by atoms with Crippen molar-refractivity contribution in [2.24, 2.45) is 5.73 Å². The number of nitrogens with zero attached hydrogens (tertiary/aromatic N) is 1. The number of rotatable bonds is 2. The zero-order valence-electron chi connectivity index (χ0n) is 5.86. The molecule has 1 heterocycles. The minimum atomic E-state index is -0.0660. The average molecular weight is 168 g/mol. The molecule has 58 valence electrons. The second-order valence-electron chi connectivity index (χ2n) is 1.85. The molecule has 0 aliphatic carbocycles. The van der Waals surface area contributed by atoms with Crippen LogP contribution in [-0.2, 0) is 4.79 Å². The van der Waals surface area contributed by atoms with E-state index in [1.54, 1.807) is 18.3 Å². The van der Waals surface area contributed by atoms with Gasteiger partial charge in [-0.3, -0.25) is 4.79 Å². The molecular weight excluding hydrogens is 160 g/mol. The summed E-state index contributed by atoms with van der Waals surface area (Å²) in [6.07, 6.45) is 1.64. The van der Waals surface area contributed by atoms with Crippen LogP contribution in [0.15, 0.2) is 29.4 Å². The largest absolute Gasteiger partial charge is 0.323 e. The summed E-state index contributed by atoms with van der Waals surface area (Å²) in [4.78, 5) is 14.7. The van der Waals surface area contributed by atoms with E-state index >= 15 is 0 Å². The van der Waals surface area contributed by atoms with Crippen molar-refractivity contribution >= 4 is 16.9 Å². The maximum atomic E-state index is 10.8. The van der Waals surface area contributed by atoms with Gasteiger partial charge in [0.05, 0.1) is 6.54 Å². The van der Waals surface area contributed by atoms with Crippen molar-refractivity contribution in [1.29, 1.82) is 0 Å². The molecule has 0 saturated carbocycles. The average Bonchev–Trinajstić information content (AvgIpc) is 2.06. The summed E-state index contributed by atoms with van der Waals surface area (Å²) >= 11 is 1.07. The van der Waals surface area contributed by atoms with Crippen LogP contribution in [0, 0.1) is 0 Å². The number of hydrogen-bond donors (Lipinski definition) is 1. The second-order valence-corrected chi connectivity index (χ2v) is 2.92. The molecule has 11 heavy (non-hydrogen) atoms. The van der Waals surface area contributed by atoms with Gasteiger partial charge in [0.1, 0.15) is 5.03 Å². The Morgan fingerprint density at radius 3 is 3.00 bits per heavy atom. The maximum Gasteiger partial charge on any atom is 0.208 e. The van der Waals surface area contributed by atoms with Crippen molar-refractivity contribution in [3.05, 3.63) is 24.4 Å². The van der Waals surface area contributed by atoms with Crippen molar-refractivity contribution in [3.63, 3.8) is 0 Å². The van der Waals surface area contributed by atoms with Gasteiger partial charge in [0.2, 0.25) is 5.12 Å². The zero-order chi connectivity index (χ0) is 8.10. The molecule has 1 aromatic rings. The summed E-state index contributed by atoms with van der Waals surface area (Å²) in [5, 5.41) is 0.631. The van der Waals surface area contributed by atoms with Crippen LogP contribution in [-0.4, -0.2) is 16.6 Å². The molecule has 0 atom stereocenters. The number of hydrogen-bond acceptors (Lipinski definition) is 4. The molecule has 1 rings (SSSR count). The van der Waals surface area contributed by atoms with Crippen molar-refractivity contribution < 1.29 is 4.79 Å². The van der Waals surface area contributed by atoms with Gasteiger partial charge in [-0.1, -0.05) is 6.07 Å². The lowest BCUT2D eigenvalue weighted by atomic mass is 10.5. The first kappa shape index (κ1) is 8.23. The van der Waals surface area contributed by atoms with E-state index in [1.165, 1.54) is 0 Å². The van der Waals surface area contributed by atoms with Gasteiger partial charge in [0, 0.05) is 6.20 Å². The van der Waals surface area contributed by atoms with E-state index < -0.39 is 0 Å². The highest BCUT2D eigenvalue weighted by molar-refractivity contribution is 8.13. The number of aromatic nitrogens is 1. The fraction of sp³-hybridized carbons (Fsp3) is 0.143. The van der Waals surface area contributed by atoms with Gasteiger partial charge < -0.3 is 5.73 Å². The van der Waals surface area contributed by atoms with Crippen molar-refractivity contribution in [1.82, 2.24) is 4.98 Å². The molecule has 1 aromatic heterocycles. The molecule has 0 aliphatic heterocycles. The quantitative estimate of drug-likeness (QED) is 0.659. The Morgan fingerprint density at radius 2 is 2.45 bits per heavy atom. The number of carbonyl (C=O) groups excluding carboxylic acids is 1. The van der Waals surface area contributed by atoms with Crippen molar-refractivity contribution in [2.75, 3.05) is 6.54 Å². The fourth-order valence-corrected chi connectivity index (χ4v) is 1.14. The van der Waals surface area contributed by atoms with Crippen LogP contribution in [0.5, 0.6) is 0 Å². The Hall–Kier alpha value is -0.870. The summed E-state index contributed by atoms with van der Waals surface area (Å²) in [5.41, 5.74) is 5.12. The van der Waals surface area contributed by atoms with E-state index in [0.717, 1.165) is 11.8 Å².